The van der Waals surface area contributed by atoms with E-state index < -0.39 is 18.2 Å². The van der Waals surface area contributed by atoms with Crippen LogP contribution < -0.4 is 10.6 Å². The number of aliphatic hydroxyl groups excluding tert-OH is 1. The molecule has 3 rings (SSSR count). The molecular formula is C22H26N4O4. The summed E-state index contributed by atoms with van der Waals surface area (Å²) in [5.41, 5.74) is 1.77. The number of rotatable bonds is 9. The van der Waals surface area contributed by atoms with Crippen LogP contribution in [0.2, 0.25) is 0 Å². The molecule has 0 saturated carbocycles. The van der Waals surface area contributed by atoms with Crippen LogP contribution in [0.25, 0.3) is 0 Å². The maximum Gasteiger partial charge on any atom is 0.226 e. The molecule has 3 atom stereocenters. The number of carbonyl (C=O) groups is 2. The first kappa shape index (κ1) is 21.6. The van der Waals surface area contributed by atoms with Gasteiger partial charge in [0.1, 0.15) is 6.10 Å². The zero-order valence-corrected chi connectivity index (χ0v) is 16.6. The minimum Gasteiger partial charge on any atom is -0.394 e. The summed E-state index contributed by atoms with van der Waals surface area (Å²) in [6, 6.07) is 8.75. The largest absolute Gasteiger partial charge is 0.394 e. The van der Waals surface area contributed by atoms with Gasteiger partial charge in [-0.2, -0.15) is 0 Å². The molecule has 2 aromatic heterocycles. The lowest BCUT2D eigenvalue weighted by Crippen LogP contribution is -2.49. The molecule has 2 aromatic rings. The molecule has 8 heteroatoms. The summed E-state index contributed by atoms with van der Waals surface area (Å²) in [6.07, 6.45) is 8.55. The Morgan fingerprint density at radius 1 is 1.07 bits per heavy atom. The Morgan fingerprint density at radius 3 is 2.63 bits per heavy atom. The molecule has 158 valence electrons. The Balaban J connectivity index is 1.44. The SMILES string of the molecule is O=C(C[C@H]1C=C[C@H](NC(=O)Cc2ccccn2)[C@@H](CO)O1)NCCc1ccncc1. The molecule has 2 amide bonds. The Kier molecular flexibility index (Phi) is 8.05. The average Bonchev–Trinajstić information content (AvgIpc) is 2.76. The summed E-state index contributed by atoms with van der Waals surface area (Å²) in [5.74, 6) is -0.342. The van der Waals surface area contributed by atoms with E-state index in [2.05, 4.69) is 20.6 Å². The second kappa shape index (κ2) is 11.2. The van der Waals surface area contributed by atoms with Crippen molar-refractivity contribution in [2.45, 2.75) is 37.5 Å². The number of nitrogens with one attached hydrogen (secondary N) is 2. The van der Waals surface area contributed by atoms with Crippen molar-refractivity contribution in [3.05, 3.63) is 72.3 Å². The first-order valence-corrected chi connectivity index (χ1v) is 9.93. The zero-order chi connectivity index (χ0) is 21.2. The molecule has 3 heterocycles. The van der Waals surface area contributed by atoms with Crippen LogP contribution >= 0.6 is 0 Å². The highest BCUT2D eigenvalue weighted by Crippen LogP contribution is 2.16. The summed E-state index contributed by atoms with van der Waals surface area (Å²) in [7, 11) is 0. The van der Waals surface area contributed by atoms with Crippen molar-refractivity contribution in [3.63, 3.8) is 0 Å². The molecule has 30 heavy (non-hydrogen) atoms. The third-order valence-electron chi connectivity index (χ3n) is 4.73. The third-order valence-corrected chi connectivity index (χ3v) is 4.73. The quantitative estimate of drug-likeness (QED) is 0.521. The summed E-state index contributed by atoms with van der Waals surface area (Å²) < 4.78 is 5.80. The van der Waals surface area contributed by atoms with Gasteiger partial charge in [-0.05, 0) is 36.2 Å². The monoisotopic (exact) mass is 410 g/mol. The van der Waals surface area contributed by atoms with Crippen molar-refractivity contribution in [1.29, 1.82) is 0 Å². The van der Waals surface area contributed by atoms with Gasteiger partial charge >= 0.3 is 0 Å². The van der Waals surface area contributed by atoms with Crippen LogP contribution in [0.1, 0.15) is 17.7 Å². The van der Waals surface area contributed by atoms with E-state index in [1.54, 1.807) is 42.9 Å². The minimum absolute atomic E-state index is 0.131. The summed E-state index contributed by atoms with van der Waals surface area (Å²) in [4.78, 5) is 32.5. The van der Waals surface area contributed by atoms with Crippen molar-refractivity contribution in [1.82, 2.24) is 20.6 Å². The molecule has 8 nitrogen and oxygen atoms in total. The molecular weight excluding hydrogens is 384 g/mol. The number of amides is 2. The van der Waals surface area contributed by atoms with Crippen molar-refractivity contribution in [2.24, 2.45) is 0 Å². The first-order valence-electron chi connectivity index (χ1n) is 9.93. The fourth-order valence-electron chi connectivity index (χ4n) is 3.19. The van der Waals surface area contributed by atoms with Crippen LogP contribution in [0.3, 0.4) is 0 Å². The topological polar surface area (TPSA) is 113 Å². The summed E-state index contributed by atoms with van der Waals surface area (Å²) in [6.45, 7) is 0.258. The van der Waals surface area contributed by atoms with E-state index in [1.807, 2.05) is 18.2 Å². The second-order valence-corrected chi connectivity index (χ2v) is 7.03. The zero-order valence-electron chi connectivity index (χ0n) is 16.6. The molecule has 0 aliphatic carbocycles. The van der Waals surface area contributed by atoms with E-state index in [0.29, 0.717) is 12.2 Å². The molecule has 0 unspecified atom stereocenters. The van der Waals surface area contributed by atoms with E-state index in [1.165, 1.54) is 0 Å². The Hall–Kier alpha value is -3.10. The molecule has 0 radical (unpaired) electrons. The van der Waals surface area contributed by atoms with Gasteiger partial charge in [-0.25, -0.2) is 0 Å². The van der Waals surface area contributed by atoms with Gasteiger partial charge in [-0.15, -0.1) is 0 Å². The second-order valence-electron chi connectivity index (χ2n) is 7.03. The number of ether oxygens (including phenoxy) is 1. The molecule has 0 saturated heterocycles. The van der Waals surface area contributed by atoms with Gasteiger partial charge in [-0.1, -0.05) is 18.2 Å². The normalized spacial score (nSPS) is 20.5. The van der Waals surface area contributed by atoms with Gasteiger partial charge in [0, 0.05) is 30.8 Å². The van der Waals surface area contributed by atoms with Crippen LogP contribution in [0, 0.1) is 0 Å². The maximum atomic E-state index is 12.2. The first-order chi connectivity index (χ1) is 14.6. The van der Waals surface area contributed by atoms with E-state index in [9.17, 15) is 14.7 Å². The maximum absolute atomic E-state index is 12.2. The predicted octanol–water partition coefficient (Wildman–Crippen LogP) is 0.569. The number of hydrogen-bond acceptors (Lipinski definition) is 6. The van der Waals surface area contributed by atoms with Gasteiger partial charge in [0.25, 0.3) is 0 Å². The van der Waals surface area contributed by atoms with Gasteiger partial charge in [-0.3, -0.25) is 19.6 Å². The fourth-order valence-corrected chi connectivity index (χ4v) is 3.19. The van der Waals surface area contributed by atoms with Crippen LogP contribution in [0.15, 0.2) is 61.1 Å². The number of aliphatic hydroxyl groups is 1. The van der Waals surface area contributed by atoms with Crippen LogP contribution in [0.5, 0.6) is 0 Å². The Bertz CT molecular complexity index is 845. The smallest absolute Gasteiger partial charge is 0.226 e. The van der Waals surface area contributed by atoms with Crippen molar-refractivity contribution in [2.75, 3.05) is 13.2 Å². The van der Waals surface area contributed by atoms with Crippen LogP contribution in [-0.4, -0.2) is 58.3 Å². The Morgan fingerprint density at radius 2 is 1.90 bits per heavy atom. The van der Waals surface area contributed by atoms with E-state index in [0.717, 1.165) is 12.0 Å². The summed E-state index contributed by atoms with van der Waals surface area (Å²) in [5, 5.41) is 15.4. The highest BCUT2D eigenvalue weighted by molar-refractivity contribution is 5.79. The van der Waals surface area contributed by atoms with E-state index >= 15 is 0 Å². The van der Waals surface area contributed by atoms with Crippen molar-refractivity contribution < 1.29 is 19.4 Å². The van der Waals surface area contributed by atoms with E-state index in [-0.39, 0.29) is 31.3 Å². The predicted molar refractivity (Wildman–Crippen MR) is 110 cm³/mol. The van der Waals surface area contributed by atoms with Crippen molar-refractivity contribution >= 4 is 11.8 Å². The number of pyridine rings is 2. The van der Waals surface area contributed by atoms with Crippen molar-refractivity contribution in [3.8, 4) is 0 Å². The molecule has 3 N–H and O–H groups in total. The molecule has 0 aromatic carbocycles. The number of carbonyl (C=O) groups excluding carboxylic acids is 2. The Labute approximate surface area is 175 Å². The molecule has 1 aliphatic rings. The van der Waals surface area contributed by atoms with Gasteiger partial charge in [0.05, 0.1) is 31.6 Å². The minimum atomic E-state index is -0.614. The molecule has 1 aliphatic heterocycles. The third kappa shape index (κ3) is 6.75. The highest BCUT2D eigenvalue weighted by Gasteiger charge is 2.29. The van der Waals surface area contributed by atoms with Crippen LogP contribution in [0.4, 0.5) is 0 Å². The van der Waals surface area contributed by atoms with E-state index in [4.69, 9.17) is 4.74 Å². The lowest BCUT2D eigenvalue weighted by molar-refractivity contribution is -0.128. The van der Waals surface area contributed by atoms with Crippen LogP contribution in [-0.2, 0) is 27.2 Å². The number of nitrogens with zero attached hydrogens (tertiary/aromatic N) is 2. The summed E-state index contributed by atoms with van der Waals surface area (Å²) >= 11 is 0. The molecule has 0 fully saturated rings. The lowest BCUT2D eigenvalue weighted by Gasteiger charge is -2.31. The number of aromatic nitrogens is 2. The van der Waals surface area contributed by atoms with Gasteiger partial charge in [0.15, 0.2) is 0 Å². The standard InChI is InChI=1S/C22H26N4O4/c27-15-20-19(26-22(29)13-17-3-1-2-9-24-17)5-4-18(30-20)14-21(28)25-12-8-16-6-10-23-11-7-16/h1-7,9-11,18-20,27H,8,12-15H2,(H,25,28)(H,26,29)/t18-,19+,20-/m1/s1. The number of hydrogen-bond donors (Lipinski definition) is 3. The lowest BCUT2D eigenvalue weighted by atomic mass is 10.0. The molecule has 0 spiro atoms. The highest BCUT2D eigenvalue weighted by atomic mass is 16.5. The fraction of sp³-hybridized carbons (Fsp3) is 0.364. The molecule has 0 bridgehead atoms. The average molecular weight is 410 g/mol. The van der Waals surface area contributed by atoms with Gasteiger partial charge < -0.3 is 20.5 Å². The van der Waals surface area contributed by atoms with Gasteiger partial charge in [0.2, 0.25) is 11.8 Å².